The number of rotatable bonds is 3. The Balaban J connectivity index is 3.19. The third kappa shape index (κ3) is 2.22. The van der Waals surface area contributed by atoms with Crippen LogP contribution in [0, 0.1) is 13.8 Å². The second-order valence-corrected chi connectivity index (χ2v) is 3.89. The Hall–Kier alpha value is -0.670. The summed E-state index contributed by atoms with van der Waals surface area (Å²) in [4.78, 5) is 0. The van der Waals surface area contributed by atoms with Gasteiger partial charge in [-0.05, 0) is 44.2 Å². The summed E-state index contributed by atoms with van der Waals surface area (Å²) in [5, 5.41) is 3.10. The van der Waals surface area contributed by atoms with Crippen LogP contribution in [0.25, 0.3) is 0 Å². The Labute approximate surface area is 91.1 Å². The second kappa shape index (κ2) is 4.71. The fraction of sp³-hybridized carbons (Fsp3) is 0.455. The Morgan fingerprint density at radius 3 is 2.36 bits per heavy atom. The Morgan fingerprint density at radius 1 is 1.29 bits per heavy atom. The minimum absolute atomic E-state index is 0.0178. The SMILES string of the molecule is CNC(S)c1cc(C)c(C)cc1OC. The van der Waals surface area contributed by atoms with Gasteiger partial charge in [-0.25, -0.2) is 0 Å². The normalized spacial score (nSPS) is 12.6. The summed E-state index contributed by atoms with van der Waals surface area (Å²) in [6, 6.07) is 4.16. The highest BCUT2D eigenvalue weighted by atomic mass is 32.1. The maximum absolute atomic E-state index is 5.32. The first kappa shape index (κ1) is 11.4. The molecule has 1 rings (SSSR count). The molecule has 1 aromatic rings. The van der Waals surface area contributed by atoms with Crippen molar-refractivity contribution < 1.29 is 4.74 Å². The van der Waals surface area contributed by atoms with Crippen LogP contribution in [-0.4, -0.2) is 14.2 Å². The number of nitrogens with one attached hydrogen (secondary N) is 1. The van der Waals surface area contributed by atoms with E-state index in [4.69, 9.17) is 4.74 Å². The third-order valence-corrected chi connectivity index (χ3v) is 2.95. The van der Waals surface area contributed by atoms with E-state index >= 15 is 0 Å². The smallest absolute Gasteiger partial charge is 0.124 e. The topological polar surface area (TPSA) is 21.3 Å². The lowest BCUT2D eigenvalue weighted by atomic mass is 10.0. The Bertz CT molecular complexity index is 325. The zero-order valence-corrected chi connectivity index (χ0v) is 9.98. The molecule has 78 valence electrons. The molecule has 0 aliphatic heterocycles. The van der Waals surface area contributed by atoms with Crippen LogP contribution in [0.3, 0.4) is 0 Å². The van der Waals surface area contributed by atoms with Gasteiger partial charge in [-0.1, -0.05) is 0 Å². The van der Waals surface area contributed by atoms with E-state index < -0.39 is 0 Å². The van der Waals surface area contributed by atoms with Crippen molar-refractivity contribution >= 4 is 12.6 Å². The quantitative estimate of drug-likeness (QED) is 0.592. The zero-order valence-electron chi connectivity index (χ0n) is 9.09. The minimum Gasteiger partial charge on any atom is -0.496 e. The third-order valence-electron chi connectivity index (χ3n) is 2.41. The largest absolute Gasteiger partial charge is 0.496 e. The molecule has 1 aromatic carbocycles. The van der Waals surface area contributed by atoms with Crippen molar-refractivity contribution in [2.75, 3.05) is 14.2 Å². The van der Waals surface area contributed by atoms with Crippen LogP contribution in [0.4, 0.5) is 0 Å². The van der Waals surface area contributed by atoms with Crippen LogP contribution < -0.4 is 10.1 Å². The van der Waals surface area contributed by atoms with Crippen LogP contribution in [0.15, 0.2) is 12.1 Å². The second-order valence-electron chi connectivity index (χ2n) is 3.37. The molecule has 0 aliphatic carbocycles. The number of ether oxygens (including phenoxy) is 1. The monoisotopic (exact) mass is 211 g/mol. The summed E-state index contributed by atoms with van der Waals surface area (Å²) < 4.78 is 5.32. The highest BCUT2D eigenvalue weighted by Crippen LogP contribution is 2.29. The molecule has 0 aliphatic rings. The molecular formula is C11H17NOS. The van der Waals surface area contributed by atoms with Gasteiger partial charge >= 0.3 is 0 Å². The first-order chi connectivity index (χ1) is 6.60. The molecule has 0 amide bonds. The fourth-order valence-electron chi connectivity index (χ4n) is 1.36. The zero-order chi connectivity index (χ0) is 10.7. The molecule has 3 heteroatoms. The van der Waals surface area contributed by atoms with Gasteiger partial charge in [0.05, 0.1) is 12.5 Å². The first-order valence-electron chi connectivity index (χ1n) is 4.60. The number of aryl methyl sites for hydroxylation is 2. The van der Waals surface area contributed by atoms with Gasteiger partial charge in [-0.15, -0.1) is 0 Å². The van der Waals surface area contributed by atoms with Crippen molar-refractivity contribution in [2.45, 2.75) is 19.2 Å². The average molecular weight is 211 g/mol. The Morgan fingerprint density at radius 2 is 1.86 bits per heavy atom. The molecule has 2 nitrogen and oxygen atoms in total. The van der Waals surface area contributed by atoms with Crippen molar-refractivity contribution in [1.82, 2.24) is 5.32 Å². The van der Waals surface area contributed by atoms with E-state index in [2.05, 4.69) is 37.9 Å². The van der Waals surface area contributed by atoms with Gasteiger partial charge in [0.15, 0.2) is 0 Å². The fourth-order valence-corrected chi connectivity index (χ4v) is 1.56. The molecule has 0 fully saturated rings. The maximum atomic E-state index is 5.32. The minimum atomic E-state index is 0.0178. The van der Waals surface area contributed by atoms with Crippen molar-refractivity contribution in [2.24, 2.45) is 0 Å². The first-order valence-corrected chi connectivity index (χ1v) is 5.12. The average Bonchev–Trinajstić information content (AvgIpc) is 2.20. The van der Waals surface area contributed by atoms with E-state index in [1.54, 1.807) is 7.11 Å². The molecule has 0 radical (unpaired) electrons. The van der Waals surface area contributed by atoms with Crippen molar-refractivity contribution in [3.05, 3.63) is 28.8 Å². The van der Waals surface area contributed by atoms with Crippen LogP contribution >= 0.6 is 12.6 Å². The molecule has 14 heavy (non-hydrogen) atoms. The van der Waals surface area contributed by atoms with E-state index in [9.17, 15) is 0 Å². The molecule has 0 heterocycles. The van der Waals surface area contributed by atoms with E-state index in [0.717, 1.165) is 11.3 Å². The summed E-state index contributed by atoms with van der Waals surface area (Å²) in [7, 11) is 3.57. The van der Waals surface area contributed by atoms with Gasteiger partial charge in [0.1, 0.15) is 5.75 Å². The predicted molar refractivity (Wildman–Crippen MR) is 63.3 cm³/mol. The van der Waals surface area contributed by atoms with Gasteiger partial charge in [-0.2, -0.15) is 12.6 Å². The highest BCUT2D eigenvalue weighted by molar-refractivity contribution is 7.80. The molecule has 0 saturated carbocycles. The van der Waals surface area contributed by atoms with E-state index in [-0.39, 0.29) is 5.37 Å². The van der Waals surface area contributed by atoms with Gasteiger partial charge in [0.2, 0.25) is 0 Å². The van der Waals surface area contributed by atoms with Gasteiger partial charge in [0.25, 0.3) is 0 Å². The molecule has 1 atom stereocenters. The highest BCUT2D eigenvalue weighted by Gasteiger charge is 2.11. The molecular weight excluding hydrogens is 194 g/mol. The molecule has 1 unspecified atom stereocenters. The van der Waals surface area contributed by atoms with Crippen molar-refractivity contribution in [3.63, 3.8) is 0 Å². The van der Waals surface area contributed by atoms with E-state index in [1.807, 2.05) is 13.1 Å². The summed E-state index contributed by atoms with van der Waals surface area (Å²) in [6.07, 6.45) is 0. The van der Waals surface area contributed by atoms with Crippen molar-refractivity contribution in [1.29, 1.82) is 0 Å². The van der Waals surface area contributed by atoms with Gasteiger partial charge < -0.3 is 10.1 Å². The van der Waals surface area contributed by atoms with Gasteiger partial charge in [0, 0.05) is 5.56 Å². The molecule has 0 saturated heterocycles. The lowest BCUT2D eigenvalue weighted by molar-refractivity contribution is 0.407. The molecule has 1 N–H and O–H groups in total. The summed E-state index contributed by atoms with van der Waals surface area (Å²) >= 11 is 4.43. The number of hydrogen-bond acceptors (Lipinski definition) is 3. The standard InChI is InChI=1S/C11H17NOS/c1-7-5-9(11(14)12-3)10(13-4)6-8(7)2/h5-6,11-12,14H,1-4H3. The Kier molecular flexibility index (Phi) is 3.84. The van der Waals surface area contributed by atoms with Crippen LogP contribution in [-0.2, 0) is 0 Å². The number of thiol groups is 1. The van der Waals surface area contributed by atoms with Crippen LogP contribution in [0.5, 0.6) is 5.75 Å². The van der Waals surface area contributed by atoms with Crippen LogP contribution in [0.2, 0.25) is 0 Å². The number of hydrogen-bond donors (Lipinski definition) is 2. The molecule has 0 spiro atoms. The predicted octanol–water partition coefficient (Wildman–Crippen LogP) is 2.46. The number of benzene rings is 1. The van der Waals surface area contributed by atoms with Crippen molar-refractivity contribution in [3.8, 4) is 5.75 Å². The summed E-state index contributed by atoms with van der Waals surface area (Å²) in [6.45, 7) is 4.17. The maximum Gasteiger partial charge on any atom is 0.124 e. The molecule has 0 bridgehead atoms. The van der Waals surface area contributed by atoms with Gasteiger partial charge in [-0.3, -0.25) is 0 Å². The summed E-state index contributed by atoms with van der Waals surface area (Å²) in [5.41, 5.74) is 3.58. The van der Waals surface area contributed by atoms with Crippen LogP contribution in [0.1, 0.15) is 22.1 Å². The van der Waals surface area contributed by atoms with E-state index in [1.165, 1.54) is 11.1 Å². The lowest BCUT2D eigenvalue weighted by Gasteiger charge is -2.16. The lowest BCUT2D eigenvalue weighted by Crippen LogP contribution is -2.11. The number of methoxy groups -OCH3 is 1. The summed E-state index contributed by atoms with van der Waals surface area (Å²) in [5.74, 6) is 0.891. The molecule has 0 aromatic heterocycles. The van der Waals surface area contributed by atoms with E-state index in [0.29, 0.717) is 0 Å².